The summed E-state index contributed by atoms with van der Waals surface area (Å²) >= 11 is 0. The van der Waals surface area contributed by atoms with Crippen LogP contribution in [0.4, 0.5) is 0 Å². The summed E-state index contributed by atoms with van der Waals surface area (Å²) in [6.45, 7) is 0.00705. The first kappa shape index (κ1) is 15.9. The number of rotatable bonds is 5. The third kappa shape index (κ3) is 3.16. The van der Waals surface area contributed by atoms with E-state index in [9.17, 15) is 4.79 Å². The van der Waals surface area contributed by atoms with E-state index in [-0.39, 0.29) is 19.3 Å². The van der Waals surface area contributed by atoms with Crippen LogP contribution < -0.4 is 14.2 Å². The molecule has 132 valence electrons. The number of ether oxygens (including phenoxy) is 4. The number of methoxy groups -OCH3 is 1. The van der Waals surface area contributed by atoms with E-state index in [1.54, 1.807) is 31.4 Å². The second-order valence-corrected chi connectivity index (χ2v) is 5.39. The van der Waals surface area contributed by atoms with Gasteiger partial charge in [-0.05, 0) is 30.3 Å². The highest BCUT2D eigenvalue weighted by atomic mass is 16.7. The van der Waals surface area contributed by atoms with Crippen LogP contribution in [-0.2, 0) is 11.3 Å². The van der Waals surface area contributed by atoms with E-state index < -0.39 is 5.97 Å². The quantitative estimate of drug-likeness (QED) is 0.646. The third-order valence-corrected chi connectivity index (χ3v) is 3.73. The molecule has 0 amide bonds. The van der Waals surface area contributed by atoms with Gasteiger partial charge >= 0.3 is 5.97 Å². The van der Waals surface area contributed by atoms with Gasteiger partial charge in [-0.1, -0.05) is 17.3 Å². The van der Waals surface area contributed by atoms with Crippen LogP contribution in [-0.4, -0.2) is 30.0 Å². The van der Waals surface area contributed by atoms with Gasteiger partial charge in [0, 0.05) is 5.56 Å². The van der Waals surface area contributed by atoms with Crippen molar-refractivity contribution < 1.29 is 28.3 Å². The summed E-state index contributed by atoms with van der Waals surface area (Å²) < 4.78 is 26.0. The molecular formula is C18H14N2O6. The van der Waals surface area contributed by atoms with E-state index in [0.717, 1.165) is 5.56 Å². The van der Waals surface area contributed by atoms with Gasteiger partial charge in [0.25, 0.3) is 5.89 Å². The van der Waals surface area contributed by atoms with E-state index in [2.05, 4.69) is 10.1 Å². The molecule has 4 rings (SSSR count). The average Bonchev–Trinajstić information content (AvgIpc) is 3.34. The topological polar surface area (TPSA) is 92.9 Å². The largest absolute Gasteiger partial charge is 0.497 e. The SMILES string of the molecule is COc1cccc(-c2noc(COC(=O)c3ccc4c(c3)OCO4)n2)c1. The highest BCUT2D eigenvalue weighted by molar-refractivity contribution is 5.90. The number of hydrogen-bond donors (Lipinski definition) is 0. The Morgan fingerprint density at radius 2 is 2.04 bits per heavy atom. The number of benzene rings is 2. The molecule has 0 aliphatic carbocycles. The van der Waals surface area contributed by atoms with E-state index in [1.807, 2.05) is 18.2 Å². The smallest absolute Gasteiger partial charge is 0.338 e. The fourth-order valence-corrected chi connectivity index (χ4v) is 2.43. The number of nitrogens with zero attached hydrogens (tertiary/aromatic N) is 2. The van der Waals surface area contributed by atoms with Crippen molar-refractivity contribution in [1.29, 1.82) is 0 Å². The molecule has 1 aliphatic rings. The Labute approximate surface area is 148 Å². The molecule has 0 radical (unpaired) electrons. The molecule has 2 aromatic carbocycles. The first-order valence-electron chi connectivity index (χ1n) is 7.77. The van der Waals surface area contributed by atoms with Gasteiger partial charge in [0.2, 0.25) is 12.6 Å². The van der Waals surface area contributed by atoms with Crippen molar-refractivity contribution in [3.8, 4) is 28.6 Å². The molecule has 26 heavy (non-hydrogen) atoms. The van der Waals surface area contributed by atoms with Gasteiger partial charge < -0.3 is 23.5 Å². The highest BCUT2D eigenvalue weighted by Crippen LogP contribution is 2.32. The molecule has 2 heterocycles. The van der Waals surface area contributed by atoms with Crippen LogP contribution in [0.5, 0.6) is 17.2 Å². The van der Waals surface area contributed by atoms with Crippen LogP contribution in [0.25, 0.3) is 11.4 Å². The van der Waals surface area contributed by atoms with E-state index >= 15 is 0 Å². The molecule has 0 atom stereocenters. The molecule has 0 saturated heterocycles. The van der Waals surface area contributed by atoms with Gasteiger partial charge in [0.05, 0.1) is 12.7 Å². The normalized spacial score (nSPS) is 12.0. The van der Waals surface area contributed by atoms with E-state index in [1.165, 1.54) is 0 Å². The molecule has 0 N–H and O–H groups in total. The minimum Gasteiger partial charge on any atom is -0.497 e. The zero-order valence-corrected chi connectivity index (χ0v) is 13.8. The lowest BCUT2D eigenvalue weighted by molar-refractivity contribution is 0.0429. The van der Waals surface area contributed by atoms with Crippen molar-refractivity contribution in [3.63, 3.8) is 0 Å². The van der Waals surface area contributed by atoms with Crippen LogP contribution in [0.15, 0.2) is 47.0 Å². The standard InChI is InChI=1S/C18H14N2O6/c1-22-13-4-2-3-11(7-13)17-19-16(26-20-17)9-23-18(21)12-5-6-14-15(8-12)25-10-24-14/h2-8H,9-10H2,1H3. The maximum atomic E-state index is 12.2. The number of carbonyl (C=O) groups excluding carboxylic acids is 1. The number of aromatic nitrogens is 2. The summed E-state index contributed by atoms with van der Waals surface area (Å²) in [4.78, 5) is 16.4. The van der Waals surface area contributed by atoms with Crippen molar-refractivity contribution in [1.82, 2.24) is 10.1 Å². The maximum Gasteiger partial charge on any atom is 0.338 e. The Hall–Kier alpha value is -3.55. The molecule has 0 saturated carbocycles. The molecule has 1 aromatic heterocycles. The summed E-state index contributed by atoms with van der Waals surface area (Å²) in [6, 6.07) is 12.1. The highest BCUT2D eigenvalue weighted by Gasteiger charge is 2.18. The summed E-state index contributed by atoms with van der Waals surface area (Å²) in [7, 11) is 1.58. The molecule has 8 heteroatoms. The van der Waals surface area contributed by atoms with Gasteiger partial charge in [0.15, 0.2) is 18.1 Å². The Morgan fingerprint density at radius 3 is 2.92 bits per heavy atom. The molecule has 0 bridgehead atoms. The molecule has 1 aliphatic heterocycles. The first-order chi connectivity index (χ1) is 12.7. The molecule has 0 unspecified atom stereocenters. The second kappa shape index (κ2) is 6.75. The predicted octanol–water partition coefficient (Wildman–Crippen LogP) is 2.83. The van der Waals surface area contributed by atoms with Crippen molar-refractivity contribution >= 4 is 5.97 Å². The second-order valence-electron chi connectivity index (χ2n) is 5.39. The first-order valence-corrected chi connectivity index (χ1v) is 7.77. The fraction of sp³-hybridized carbons (Fsp3) is 0.167. The minimum absolute atomic E-state index is 0.135. The van der Waals surface area contributed by atoms with Crippen molar-refractivity contribution in [2.24, 2.45) is 0 Å². The summed E-state index contributed by atoms with van der Waals surface area (Å²) in [6.07, 6.45) is 0. The Bertz CT molecular complexity index is 952. The fourth-order valence-electron chi connectivity index (χ4n) is 2.43. The van der Waals surface area contributed by atoms with Gasteiger partial charge in [-0.3, -0.25) is 0 Å². The van der Waals surface area contributed by atoms with Crippen molar-refractivity contribution in [2.45, 2.75) is 6.61 Å². The van der Waals surface area contributed by atoms with E-state index in [0.29, 0.717) is 28.6 Å². The Kier molecular flexibility index (Phi) is 4.14. The number of esters is 1. The van der Waals surface area contributed by atoms with Gasteiger partial charge in [-0.15, -0.1) is 0 Å². The monoisotopic (exact) mass is 354 g/mol. The lowest BCUT2D eigenvalue weighted by Gasteiger charge is -2.03. The lowest BCUT2D eigenvalue weighted by atomic mass is 10.2. The third-order valence-electron chi connectivity index (χ3n) is 3.73. The summed E-state index contributed by atoms with van der Waals surface area (Å²) in [5.41, 5.74) is 1.09. The number of carbonyl (C=O) groups is 1. The zero-order chi connectivity index (χ0) is 17.9. The molecule has 8 nitrogen and oxygen atoms in total. The van der Waals surface area contributed by atoms with Crippen LogP contribution in [0.1, 0.15) is 16.2 Å². The summed E-state index contributed by atoms with van der Waals surface area (Å²) in [5, 5.41) is 3.89. The predicted molar refractivity (Wildman–Crippen MR) is 88.0 cm³/mol. The van der Waals surface area contributed by atoms with Crippen LogP contribution >= 0.6 is 0 Å². The molecule has 3 aromatic rings. The molecular weight excluding hydrogens is 340 g/mol. The van der Waals surface area contributed by atoms with Crippen LogP contribution in [0.2, 0.25) is 0 Å². The van der Waals surface area contributed by atoms with Crippen LogP contribution in [0.3, 0.4) is 0 Å². The molecule has 0 fully saturated rings. The Morgan fingerprint density at radius 1 is 1.15 bits per heavy atom. The number of hydrogen-bond acceptors (Lipinski definition) is 8. The summed E-state index contributed by atoms with van der Waals surface area (Å²) in [5.74, 6) is 1.85. The lowest BCUT2D eigenvalue weighted by Crippen LogP contribution is -2.05. The Balaban J connectivity index is 1.42. The average molecular weight is 354 g/mol. The zero-order valence-electron chi connectivity index (χ0n) is 13.8. The van der Waals surface area contributed by atoms with E-state index in [4.69, 9.17) is 23.5 Å². The van der Waals surface area contributed by atoms with Crippen LogP contribution in [0, 0.1) is 0 Å². The van der Waals surface area contributed by atoms with Gasteiger partial charge in [0.1, 0.15) is 5.75 Å². The maximum absolute atomic E-state index is 12.2. The van der Waals surface area contributed by atoms with Crippen molar-refractivity contribution in [2.75, 3.05) is 13.9 Å². The molecule has 0 spiro atoms. The van der Waals surface area contributed by atoms with Gasteiger partial charge in [-0.2, -0.15) is 4.98 Å². The minimum atomic E-state index is -0.524. The van der Waals surface area contributed by atoms with Crippen molar-refractivity contribution in [3.05, 3.63) is 53.9 Å². The number of fused-ring (bicyclic) bond motifs is 1. The van der Waals surface area contributed by atoms with Gasteiger partial charge in [-0.25, -0.2) is 4.79 Å².